The molecule has 0 aliphatic heterocycles. The highest BCUT2D eigenvalue weighted by atomic mass is 19.2. The quantitative estimate of drug-likeness (QED) is 0.250. The summed E-state index contributed by atoms with van der Waals surface area (Å²) in [6, 6.07) is 0. The van der Waals surface area contributed by atoms with Gasteiger partial charge in [-0.15, -0.1) is 0 Å². The Balaban J connectivity index is 2.95. The molecule has 0 amide bonds. The van der Waals surface area contributed by atoms with Crippen LogP contribution in [-0.4, -0.2) is 11.5 Å². The topological polar surface area (TPSA) is 52.4 Å². The molecule has 1 aromatic rings. The van der Waals surface area contributed by atoms with Gasteiger partial charge in [0.1, 0.15) is 0 Å². The van der Waals surface area contributed by atoms with Crippen molar-refractivity contribution in [2.24, 2.45) is 0 Å². The predicted octanol–water partition coefficient (Wildman–Crippen LogP) is 4.11. The molecule has 1 aromatic carbocycles. The smallest absolute Gasteiger partial charge is 0.346 e. The number of benzene rings is 1. The fourth-order valence-corrected chi connectivity index (χ4v) is 1.59. The van der Waals surface area contributed by atoms with Crippen molar-refractivity contribution in [3.8, 4) is 5.75 Å². The van der Waals surface area contributed by atoms with Gasteiger partial charge in [-0.1, -0.05) is 26.2 Å². The van der Waals surface area contributed by atoms with Crippen LogP contribution in [0.25, 0.3) is 0 Å². The lowest BCUT2D eigenvalue weighted by atomic mass is 10.2. The Morgan fingerprint density at radius 2 is 1.55 bits per heavy atom. The van der Waals surface area contributed by atoms with Gasteiger partial charge < -0.3 is 4.74 Å². The van der Waals surface area contributed by atoms with Gasteiger partial charge in [-0.3, -0.25) is 10.1 Å². The van der Waals surface area contributed by atoms with Crippen LogP contribution in [0.4, 0.5) is 23.2 Å². The van der Waals surface area contributed by atoms with Crippen LogP contribution in [0.5, 0.6) is 5.75 Å². The maximum absolute atomic E-state index is 13.4. The van der Waals surface area contributed by atoms with Crippen molar-refractivity contribution in [3.05, 3.63) is 33.4 Å². The molecule has 0 atom stereocenters. The van der Waals surface area contributed by atoms with Gasteiger partial charge in [-0.2, -0.15) is 17.6 Å². The molecule has 0 radical (unpaired) electrons. The van der Waals surface area contributed by atoms with E-state index in [0.29, 0.717) is 6.42 Å². The molecule has 20 heavy (non-hydrogen) atoms. The summed E-state index contributed by atoms with van der Waals surface area (Å²) in [5, 5.41) is 10.3. The number of hydrogen-bond acceptors (Lipinski definition) is 3. The van der Waals surface area contributed by atoms with E-state index in [1.165, 1.54) is 0 Å². The summed E-state index contributed by atoms with van der Waals surface area (Å²) in [5.74, 6) is -9.20. The van der Waals surface area contributed by atoms with Crippen molar-refractivity contribution in [1.82, 2.24) is 0 Å². The van der Waals surface area contributed by atoms with Crippen LogP contribution in [0.1, 0.15) is 32.6 Å². The van der Waals surface area contributed by atoms with E-state index in [4.69, 9.17) is 0 Å². The Kier molecular flexibility index (Phi) is 5.72. The molecule has 0 aliphatic rings. The molecule has 0 unspecified atom stereocenters. The average Bonchev–Trinajstić information content (AvgIpc) is 2.39. The van der Waals surface area contributed by atoms with E-state index < -0.39 is 39.6 Å². The SMILES string of the molecule is CCCCCCOc1c(F)c(F)c([N+](=O)[O-])c(F)c1F. The summed E-state index contributed by atoms with van der Waals surface area (Å²) >= 11 is 0. The van der Waals surface area contributed by atoms with Gasteiger partial charge >= 0.3 is 5.69 Å². The minimum Gasteiger partial charge on any atom is -0.487 e. The van der Waals surface area contributed by atoms with Gasteiger partial charge in [0.25, 0.3) is 0 Å². The molecule has 112 valence electrons. The highest BCUT2D eigenvalue weighted by Gasteiger charge is 2.33. The summed E-state index contributed by atoms with van der Waals surface area (Å²) in [4.78, 5) is 8.82. The normalized spacial score (nSPS) is 10.7. The van der Waals surface area contributed by atoms with Gasteiger partial charge in [-0.25, -0.2) is 0 Å². The minimum absolute atomic E-state index is 0.134. The first-order valence-electron chi connectivity index (χ1n) is 6.04. The first-order chi connectivity index (χ1) is 9.41. The summed E-state index contributed by atoms with van der Waals surface area (Å²) in [6.45, 7) is 1.83. The summed E-state index contributed by atoms with van der Waals surface area (Å²) in [5.41, 5.74) is -1.86. The first kappa shape index (κ1) is 16.2. The molecule has 0 aliphatic carbocycles. The Bertz CT molecular complexity index is 479. The van der Waals surface area contributed by atoms with Crippen molar-refractivity contribution in [3.63, 3.8) is 0 Å². The van der Waals surface area contributed by atoms with Crippen LogP contribution in [0, 0.1) is 33.4 Å². The van der Waals surface area contributed by atoms with Crippen LogP contribution < -0.4 is 4.74 Å². The Hall–Kier alpha value is -1.86. The largest absolute Gasteiger partial charge is 0.487 e. The van der Waals surface area contributed by atoms with Gasteiger partial charge in [0.2, 0.25) is 23.3 Å². The van der Waals surface area contributed by atoms with E-state index in [1.807, 2.05) is 6.92 Å². The summed E-state index contributed by atoms with van der Waals surface area (Å²) in [6.07, 6.45) is 3.01. The molecular weight excluding hydrogens is 282 g/mol. The number of nitro benzene ring substituents is 1. The predicted molar refractivity (Wildman–Crippen MR) is 62.6 cm³/mol. The van der Waals surface area contributed by atoms with Gasteiger partial charge in [0.15, 0.2) is 5.75 Å². The molecule has 0 bridgehead atoms. The van der Waals surface area contributed by atoms with Crippen molar-refractivity contribution in [2.75, 3.05) is 6.61 Å². The van der Waals surface area contributed by atoms with E-state index in [2.05, 4.69) is 4.74 Å². The third kappa shape index (κ3) is 3.37. The molecule has 0 heterocycles. The van der Waals surface area contributed by atoms with E-state index >= 15 is 0 Å². The molecule has 0 saturated carbocycles. The molecule has 8 heteroatoms. The number of nitro groups is 1. The second kappa shape index (κ2) is 7.06. The molecule has 0 fully saturated rings. The van der Waals surface area contributed by atoms with E-state index in [0.717, 1.165) is 19.3 Å². The lowest BCUT2D eigenvalue weighted by Gasteiger charge is -2.09. The van der Waals surface area contributed by atoms with E-state index in [-0.39, 0.29) is 6.61 Å². The highest BCUT2D eigenvalue weighted by molar-refractivity contribution is 5.42. The van der Waals surface area contributed by atoms with Crippen molar-refractivity contribution in [2.45, 2.75) is 32.6 Å². The second-order valence-electron chi connectivity index (χ2n) is 4.10. The van der Waals surface area contributed by atoms with Crippen molar-refractivity contribution >= 4 is 5.69 Å². The van der Waals surface area contributed by atoms with Crippen molar-refractivity contribution < 1.29 is 27.2 Å². The number of unbranched alkanes of at least 4 members (excludes halogenated alkanes) is 3. The molecular formula is C12H13F4NO3. The summed E-state index contributed by atoms with van der Waals surface area (Å²) in [7, 11) is 0. The van der Waals surface area contributed by atoms with Crippen LogP contribution in [0.2, 0.25) is 0 Å². The van der Waals surface area contributed by atoms with Gasteiger partial charge in [0.05, 0.1) is 11.5 Å². The van der Waals surface area contributed by atoms with Gasteiger partial charge in [0, 0.05) is 0 Å². The monoisotopic (exact) mass is 295 g/mol. The zero-order valence-electron chi connectivity index (χ0n) is 10.7. The van der Waals surface area contributed by atoms with E-state index in [1.54, 1.807) is 0 Å². The Morgan fingerprint density at radius 3 is 2.00 bits per heavy atom. The number of hydrogen-bond donors (Lipinski definition) is 0. The summed E-state index contributed by atoms with van der Waals surface area (Å²) < 4.78 is 58.1. The van der Waals surface area contributed by atoms with Crippen LogP contribution in [0.3, 0.4) is 0 Å². The lowest BCUT2D eigenvalue weighted by molar-refractivity contribution is -0.390. The first-order valence-corrected chi connectivity index (χ1v) is 6.04. The van der Waals surface area contributed by atoms with Gasteiger partial charge in [-0.05, 0) is 6.42 Å². The van der Waals surface area contributed by atoms with E-state index in [9.17, 15) is 27.7 Å². The number of halogens is 4. The molecule has 0 aromatic heterocycles. The second-order valence-corrected chi connectivity index (χ2v) is 4.10. The van der Waals surface area contributed by atoms with Crippen LogP contribution >= 0.6 is 0 Å². The molecule has 0 saturated heterocycles. The maximum atomic E-state index is 13.4. The lowest BCUT2D eigenvalue weighted by Crippen LogP contribution is -2.08. The molecule has 0 spiro atoms. The number of ether oxygens (including phenoxy) is 1. The molecule has 0 N–H and O–H groups in total. The standard InChI is InChI=1S/C12H13F4NO3/c1-2-3-4-5-6-20-12-9(15)7(13)11(17(18)19)8(14)10(12)16/h2-6H2,1H3. The number of nitrogens with zero attached hydrogens (tertiary/aromatic N) is 1. The maximum Gasteiger partial charge on any atom is 0.346 e. The average molecular weight is 295 g/mol. The number of rotatable bonds is 7. The third-order valence-electron chi connectivity index (χ3n) is 2.63. The van der Waals surface area contributed by atoms with Crippen molar-refractivity contribution in [1.29, 1.82) is 0 Å². The zero-order valence-corrected chi connectivity index (χ0v) is 10.7. The molecule has 4 nitrogen and oxygen atoms in total. The molecule has 1 rings (SSSR count). The Labute approximate surface area is 112 Å². The van der Waals surface area contributed by atoms with Crippen LogP contribution in [0.15, 0.2) is 0 Å². The fourth-order valence-electron chi connectivity index (χ4n) is 1.59. The zero-order chi connectivity index (χ0) is 15.3. The minimum atomic E-state index is -2.07. The third-order valence-corrected chi connectivity index (χ3v) is 2.63. The fraction of sp³-hybridized carbons (Fsp3) is 0.500. The Morgan fingerprint density at radius 1 is 1.00 bits per heavy atom. The van der Waals surface area contributed by atoms with Crippen LogP contribution in [-0.2, 0) is 0 Å². The highest BCUT2D eigenvalue weighted by Crippen LogP contribution is 2.34.